The third-order valence-electron chi connectivity index (χ3n) is 4.24. The summed E-state index contributed by atoms with van der Waals surface area (Å²) < 4.78 is 0. The molecule has 1 unspecified atom stereocenters. The molecule has 2 fully saturated rings. The van der Waals surface area contributed by atoms with Crippen LogP contribution in [0.25, 0.3) is 0 Å². The van der Waals surface area contributed by atoms with Crippen LogP contribution in [0.4, 0.5) is 0 Å². The molecule has 1 amide bonds. The Labute approximate surface area is 112 Å². The van der Waals surface area contributed by atoms with Crippen LogP contribution in [0.3, 0.4) is 0 Å². The Morgan fingerprint density at radius 2 is 2.39 bits per heavy atom. The van der Waals surface area contributed by atoms with E-state index in [9.17, 15) is 4.79 Å². The summed E-state index contributed by atoms with van der Waals surface area (Å²) >= 11 is 1.78. The van der Waals surface area contributed by atoms with E-state index in [-0.39, 0.29) is 5.92 Å². The molecule has 2 aliphatic heterocycles. The van der Waals surface area contributed by atoms with E-state index in [2.05, 4.69) is 34.7 Å². The zero-order chi connectivity index (χ0) is 12.5. The second-order valence-electron chi connectivity index (χ2n) is 5.45. The normalized spacial score (nSPS) is 32.1. The molecule has 3 nitrogen and oxygen atoms in total. The minimum Gasteiger partial charge on any atom is -0.335 e. The van der Waals surface area contributed by atoms with E-state index in [0.717, 1.165) is 32.5 Å². The van der Waals surface area contributed by atoms with Crippen molar-refractivity contribution < 1.29 is 4.79 Å². The van der Waals surface area contributed by atoms with Crippen LogP contribution in [0.15, 0.2) is 17.5 Å². The Balaban J connectivity index is 1.76. The third kappa shape index (κ3) is 2.08. The van der Waals surface area contributed by atoms with Gasteiger partial charge in [-0.1, -0.05) is 13.0 Å². The number of carbonyl (C=O) groups excluding carboxylic acids is 1. The highest BCUT2D eigenvalue weighted by Crippen LogP contribution is 2.36. The van der Waals surface area contributed by atoms with E-state index in [0.29, 0.717) is 17.9 Å². The van der Waals surface area contributed by atoms with Gasteiger partial charge in [-0.25, -0.2) is 0 Å². The summed E-state index contributed by atoms with van der Waals surface area (Å²) in [6.07, 6.45) is 2.27. The van der Waals surface area contributed by atoms with Crippen LogP contribution in [-0.2, 0) is 4.79 Å². The molecule has 0 radical (unpaired) electrons. The van der Waals surface area contributed by atoms with Crippen molar-refractivity contribution in [2.75, 3.05) is 19.6 Å². The molecule has 3 atom stereocenters. The van der Waals surface area contributed by atoms with Crippen molar-refractivity contribution in [2.24, 2.45) is 11.8 Å². The van der Waals surface area contributed by atoms with Gasteiger partial charge in [-0.15, -0.1) is 11.3 Å². The fourth-order valence-electron chi connectivity index (χ4n) is 3.16. The second kappa shape index (κ2) is 5.02. The maximum absolute atomic E-state index is 12.7. The van der Waals surface area contributed by atoms with Crippen molar-refractivity contribution >= 4 is 17.2 Å². The third-order valence-corrected chi connectivity index (χ3v) is 5.22. The quantitative estimate of drug-likeness (QED) is 0.888. The number of carbonyl (C=O) groups is 1. The van der Waals surface area contributed by atoms with Crippen LogP contribution >= 0.6 is 11.3 Å². The summed E-state index contributed by atoms with van der Waals surface area (Å²) in [7, 11) is 0. The molecule has 0 aromatic carbocycles. The monoisotopic (exact) mass is 264 g/mol. The van der Waals surface area contributed by atoms with Gasteiger partial charge in [0.1, 0.15) is 0 Å². The summed E-state index contributed by atoms with van der Waals surface area (Å²) in [4.78, 5) is 16.1. The van der Waals surface area contributed by atoms with Gasteiger partial charge >= 0.3 is 0 Å². The molecule has 0 saturated carbocycles. The molecule has 1 aromatic rings. The van der Waals surface area contributed by atoms with Gasteiger partial charge in [-0.2, -0.15) is 0 Å². The van der Waals surface area contributed by atoms with Crippen LogP contribution in [-0.4, -0.2) is 30.4 Å². The van der Waals surface area contributed by atoms with Crippen LogP contribution in [0, 0.1) is 11.8 Å². The molecule has 0 spiro atoms. The second-order valence-corrected chi connectivity index (χ2v) is 6.43. The zero-order valence-corrected chi connectivity index (χ0v) is 11.6. The molecule has 18 heavy (non-hydrogen) atoms. The zero-order valence-electron chi connectivity index (χ0n) is 10.8. The summed E-state index contributed by atoms with van der Waals surface area (Å²) in [5, 5.41) is 5.44. The van der Waals surface area contributed by atoms with Gasteiger partial charge in [0.2, 0.25) is 5.91 Å². The summed E-state index contributed by atoms with van der Waals surface area (Å²) in [6.45, 7) is 4.95. The number of hydrogen-bond donors (Lipinski definition) is 1. The first-order valence-electron chi connectivity index (χ1n) is 6.82. The summed E-state index contributed by atoms with van der Waals surface area (Å²) in [5.41, 5.74) is 0. The standard InChI is InChI=1S/C14H20N2OS/c1-10-8-15-9-11(10)14(17)16-6-2-4-12(16)13-5-3-7-18-13/h3,5,7,10-12,15H,2,4,6,8-9H2,1H3/t10-,11-,12?/m1/s1. The molecular formula is C14H20N2OS. The lowest BCUT2D eigenvalue weighted by Gasteiger charge is -2.28. The minimum absolute atomic E-state index is 0.186. The molecule has 4 heteroatoms. The molecule has 3 heterocycles. The number of nitrogens with one attached hydrogen (secondary N) is 1. The van der Waals surface area contributed by atoms with Crippen molar-refractivity contribution in [1.82, 2.24) is 10.2 Å². The lowest BCUT2D eigenvalue weighted by molar-refractivity contribution is -0.136. The highest BCUT2D eigenvalue weighted by molar-refractivity contribution is 7.10. The SMILES string of the molecule is C[C@@H]1CNC[C@H]1C(=O)N1CCCC1c1cccs1. The first-order chi connectivity index (χ1) is 8.77. The number of likely N-dealkylation sites (tertiary alicyclic amines) is 1. The van der Waals surface area contributed by atoms with Crippen LogP contribution in [0.5, 0.6) is 0 Å². The fraction of sp³-hybridized carbons (Fsp3) is 0.643. The lowest BCUT2D eigenvalue weighted by atomic mass is 9.96. The van der Waals surface area contributed by atoms with E-state index < -0.39 is 0 Å². The van der Waals surface area contributed by atoms with Gasteiger partial charge in [0.15, 0.2) is 0 Å². The topological polar surface area (TPSA) is 32.3 Å². The van der Waals surface area contributed by atoms with Crippen molar-refractivity contribution in [3.63, 3.8) is 0 Å². The molecule has 1 N–H and O–H groups in total. The number of nitrogens with zero attached hydrogens (tertiary/aromatic N) is 1. The minimum atomic E-state index is 0.186. The maximum Gasteiger partial charge on any atom is 0.227 e. The highest BCUT2D eigenvalue weighted by Gasteiger charge is 2.38. The van der Waals surface area contributed by atoms with Crippen molar-refractivity contribution in [1.29, 1.82) is 0 Å². The molecule has 0 bridgehead atoms. The van der Waals surface area contributed by atoms with E-state index in [4.69, 9.17) is 0 Å². The number of rotatable bonds is 2. The first-order valence-corrected chi connectivity index (χ1v) is 7.70. The smallest absolute Gasteiger partial charge is 0.227 e. The predicted molar refractivity (Wildman–Crippen MR) is 73.5 cm³/mol. The Bertz CT molecular complexity index is 417. The molecule has 98 valence electrons. The lowest BCUT2D eigenvalue weighted by Crippen LogP contribution is -2.38. The van der Waals surface area contributed by atoms with Crippen molar-refractivity contribution in [3.05, 3.63) is 22.4 Å². The van der Waals surface area contributed by atoms with Gasteiger partial charge in [0.25, 0.3) is 0 Å². The Morgan fingerprint density at radius 1 is 1.50 bits per heavy atom. The largest absolute Gasteiger partial charge is 0.335 e. The fourth-order valence-corrected chi connectivity index (χ4v) is 4.03. The van der Waals surface area contributed by atoms with Crippen LogP contribution in [0.2, 0.25) is 0 Å². The molecule has 2 saturated heterocycles. The number of hydrogen-bond acceptors (Lipinski definition) is 3. The van der Waals surface area contributed by atoms with Gasteiger partial charge in [0.05, 0.1) is 12.0 Å². The predicted octanol–water partition coefficient (Wildman–Crippen LogP) is 2.27. The summed E-state index contributed by atoms with van der Waals surface area (Å²) in [5.74, 6) is 1.02. The van der Waals surface area contributed by atoms with Crippen LogP contribution < -0.4 is 5.32 Å². The van der Waals surface area contributed by atoms with Gasteiger partial charge < -0.3 is 10.2 Å². The van der Waals surface area contributed by atoms with Crippen molar-refractivity contribution in [2.45, 2.75) is 25.8 Å². The number of amides is 1. The van der Waals surface area contributed by atoms with E-state index in [1.165, 1.54) is 4.88 Å². The van der Waals surface area contributed by atoms with Gasteiger partial charge in [-0.05, 0) is 36.8 Å². The molecular weight excluding hydrogens is 244 g/mol. The average Bonchev–Trinajstić information content (AvgIpc) is 3.09. The van der Waals surface area contributed by atoms with Crippen LogP contribution in [0.1, 0.15) is 30.7 Å². The van der Waals surface area contributed by atoms with E-state index in [1.54, 1.807) is 11.3 Å². The molecule has 2 aliphatic rings. The van der Waals surface area contributed by atoms with E-state index in [1.807, 2.05) is 0 Å². The summed E-state index contributed by atoms with van der Waals surface area (Å²) in [6, 6.07) is 4.59. The number of thiophene rings is 1. The molecule has 3 rings (SSSR count). The van der Waals surface area contributed by atoms with E-state index >= 15 is 0 Å². The highest BCUT2D eigenvalue weighted by atomic mass is 32.1. The Kier molecular flexibility index (Phi) is 3.39. The maximum atomic E-state index is 12.7. The van der Waals surface area contributed by atoms with Gasteiger partial charge in [0, 0.05) is 18.0 Å². The first kappa shape index (κ1) is 12.2. The molecule has 0 aliphatic carbocycles. The Hall–Kier alpha value is -0.870. The molecule has 1 aromatic heterocycles. The Morgan fingerprint density at radius 3 is 3.06 bits per heavy atom. The van der Waals surface area contributed by atoms with Gasteiger partial charge in [-0.3, -0.25) is 4.79 Å². The average molecular weight is 264 g/mol. The van der Waals surface area contributed by atoms with Crippen molar-refractivity contribution in [3.8, 4) is 0 Å².